The van der Waals surface area contributed by atoms with E-state index in [2.05, 4.69) is 41.0 Å². The molecule has 1 N–H and O–H groups in total. The number of nitrogens with one attached hydrogen (secondary N) is 1. The monoisotopic (exact) mass is 396 g/mol. The van der Waals surface area contributed by atoms with Gasteiger partial charge in [-0.05, 0) is 32.7 Å². The maximum absolute atomic E-state index is 4.36. The number of halogens is 1. The highest BCUT2D eigenvalue weighted by Gasteiger charge is 2.17. The summed E-state index contributed by atoms with van der Waals surface area (Å²) in [6, 6.07) is 0.746. The minimum atomic E-state index is 0. The number of hydrogen-bond donors (Lipinski definition) is 1. The van der Waals surface area contributed by atoms with E-state index < -0.39 is 0 Å². The van der Waals surface area contributed by atoms with E-state index in [1.807, 2.05) is 7.05 Å². The Morgan fingerprint density at radius 3 is 2.75 bits per heavy atom. The molecule has 5 heteroatoms. The molecule has 0 aromatic carbocycles. The molecule has 1 aliphatic heterocycles. The minimum Gasteiger partial charge on any atom is -0.355 e. The zero-order valence-corrected chi connectivity index (χ0v) is 16.0. The van der Waals surface area contributed by atoms with Gasteiger partial charge in [-0.25, -0.2) is 0 Å². The molecule has 1 aliphatic rings. The first-order valence-electron chi connectivity index (χ1n) is 7.84. The Hall–Kier alpha value is -0.0400. The van der Waals surface area contributed by atoms with E-state index in [1.54, 1.807) is 0 Å². The van der Waals surface area contributed by atoms with Gasteiger partial charge in [0.1, 0.15) is 0 Å². The first-order valence-corrected chi connectivity index (χ1v) is 7.84. The summed E-state index contributed by atoms with van der Waals surface area (Å²) in [5, 5.41) is 3.48. The van der Waals surface area contributed by atoms with Gasteiger partial charge < -0.3 is 10.2 Å². The van der Waals surface area contributed by atoms with Gasteiger partial charge in [0.05, 0.1) is 0 Å². The van der Waals surface area contributed by atoms with Crippen LogP contribution in [0.2, 0.25) is 0 Å². The van der Waals surface area contributed by atoms with Crippen molar-refractivity contribution in [3.05, 3.63) is 0 Å². The van der Waals surface area contributed by atoms with Crippen LogP contribution in [-0.4, -0.2) is 62.1 Å². The Kier molecular flexibility index (Phi) is 11.6. The standard InChI is InChI=1S/C15H32N4.HI/c1-5-6-11-18(4)15(16-3)17-10-13-19-12-8-7-9-14(19)2;/h14H,5-13H2,1-4H3,(H,16,17);1H. The molecule has 0 radical (unpaired) electrons. The van der Waals surface area contributed by atoms with E-state index in [9.17, 15) is 0 Å². The van der Waals surface area contributed by atoms with Gasteiger partial charge in [0.15, 0.2) is 5.96 Å². The Balaban J connectivity index is 0.00000361. The number of nitrogens with zero attached hydrogens (tertiary/aromatic N) is 3. The van der Waals surface area contributed by atoms with Gasteiger partial charge in [0, 0.05) is 39.8 Å². The normalized spacial score (nSPS) is 20.4. The van der Waals surface area contributed by atoms with Gasteiger partial charge in [-0.3, -0.25) is 9.89 Å². The molecule has 0 aromatic heterocycles. The summed E-state index contributed by atoms with van der Waals surface area (Å²) in [4.78, 5) is 9.17. The number of aliphatic imine (C=N–C) groups is 1. The van der Waals surface area contributed by atoms with Crippen molar-refractivity contribution in [1.82, 2.24) is 15.1 Å². The lowest BCUT2D eigenvalue weighted by Gasteiger charge is -2.33. The number of hydrogen-bond acceptors (Lipinski definition) is 2. The minimum absolute atomic E-state index is 0. The van der Waals surface area contributed by atoms with Gasteiger partial charge in [0.2, 0.25) is 0 Å². The maximum Gasteiger partial charge on any atom is 0.193 e. The molecule has 20 heavy (non-hydrogen) atoms. The molecule has 0 saturated carbocycles. The molecule has 1 fully saturated rings. The van der Waals surface area contributed by atoms with Gasteiger partial charge in [-0.2, -0.15) is 0 Å². The highest BCUT2D eigenvalue weighted by Crippen LogP contribution is 2.15. The summed E-state index contributed by atoms with van der Waals surface area (Å²) in [6.07, 6.45) is 6.56. The highest BCUT2D eigenvalue weighted by molar-refractivity contribution is 14.0. The molecule has 0 aromatic rings. The van der Waals surface area contributed by atoms with E-state index in [0.29, 0.717) is 0 Å². The number of unbranched alkanes of at least 4 members (excludes halogenated alkanes) is 1. The quantitative estimate of drug-likeness (QED) is 0.426. The molecule has 0 bridgehead atoms. The van der Waals surface area contributed by atoms with E-state index in [1.165, 1.54) is 38.6 Å². The third kappa shape index (κ3) is 7.11. The summed E-state index contributed by atoms with van der Waals surface area (Å²) in [5.74, 6) is 1.03. The van der Waals surface area contributed by atoms with Gasteiger partial charge >= 0.3 is 0 Å². The first-order chi connectivity index (χ1) is 9.19. The molecule has 1 heterocycles. The van der Waals surface area contributed by atoms with Crippen LogP contribution < -0.4 is 5.32 Å². The summed E-state index contributed by atoms with van der Waals surface area (Å²) < 4.78 is 0. The molecule has 120 valence electrons. The van der Waals surface area contributed by atoms with Crippen LogP contribution in [0.1, 0.15) is 46.0 Å². The predicted molar refractivity (Wildman–Crippen MR) is 99.2 cm³/mol. The molecule has 0 aliphatic carbocycles. The maximum atomic E-state index is 4.36. The van der Waals surface area contributed by atoms with Crippen molar-refractivity contribution in [3.8, 4) is 0 Å². The Bertz CT molecular complexity index is 271. The zero-order valence-electron chi connectivity index (χ0n) is 13.7. The second-order valence-electron chi connectivity index (χ2n) is 5.63. The summed E-state index contributed by atoms with van der Waals surface area (Å²) in [5.41, 5.74) is 0. The summed E-state index contributed by atoms with van der Waals surface area (Å²) in [7, 11) is 3.99. The van der Waals surface area contributed by atoms with Crippen molar-refractivity contribution in [1.29, 1.82) is 0 Å². The molecule has 1 unspecified atom stereocenters. The molecule has 0 spiro atoms. The van der Waals surface area contributed by atoms with Crippen molar-refractivity contribution >= 4 is 29.9 Å². The fraction of sp³-hybridized carbons (Fsp3) is 0.933. The smallest absolute Gasteiger partial charge is 0.193 e. The van der Waals surface area contributed by atoms with Crippen LogP contribution >= 0.6 is 24.0 Å². The van der Waals surface area contributed by atoms with E-state index in [4.69, 9.17) is 0 Å². The molecule has 1 saturated heterocycles. The SMILES string of the molecule is CCCCN(C)C(=NC)NCCN1CCCCC1C.I. The van der Waals surface area contributed by atoms with Gasteiger partial charge in [-0.15, -0.1) is 24.0 Å². The Morgan fingerprint density at radius 2 is 2.15 bits per heavy atom. The zero-order chi connectivity index (χ0) is 14.1. The van der Waals surface area contributed by atoms with Crippen LogP contribution in [0.15, 0.2) is 4.99 Å². The largest absolute Gasteiger partial charge is 0.355 e. The highest BCUT2D eigenvalue weighted by atomic mass is 127. The van der Waals surface area contributed by atoms with Crippen molar-refractivity contribution < 1.29 is 0 Å². The summed E-state index contributed by atoms with van der Waals surface area (Å²) >= 11 is 0. The molecular formula is C15H33IN4. The average Bonchev–Trinajstić information content (AvgIpc) is 2.43. The van der Waals surface area contributed by atoms with Crippen LogP contribution in [0, 0.1) is 0 Å². The second kappa shape index (κ2) is 11.6. The fourth-order valence-corrected chi connectivity index (χ4v) is 2.69. The topological polar surface area (TPSA) is 30.9 Å². The van der Waals surface area contributed by atoms with Crippen LogP contribution in [0.25, 0.3) is 0 Å². The van der Waals surface area contributed by atoms with Gasteiger partial charge in [-0.1, -0.05) is 19.8 Å². The molecule has 1 atom stereocenters. The molecular weight excluding hydrogens is 363 g/mol. The van der Waals surface area contributed by atoms with Crippen molar-refractivity contribution in [2.45, 2.75) is 52.0 Å². The fourth-order valence-electron chi connectivity index (χ4n) is 2.69. The third-order valence-corrected chi connectivity index (χ3v) is 4.04. The second-order valence-corrected chi connectivity index (χ2v) is 5.63. The average molecular weight is 396 g/mol. The van der Waals surface area contributed by atoms with Crippen LogP contribution in [0.4, 0.5) is 0 Å². The lowest BCUT2D eigenvalue weighted by atomic mass is 10.0. The van der Waals surface area contributed by atoms with Crippen LogP contribution in [-0.2, 0) is 0 Å². The molecule has 0 amide bonds. The van der Waals surface area contributed by atoms with Crippen molar-refractivity contribution in [2.75, 3.05) is 40.3 Å². The Labute approximate surface area is 142 Å². The van der Waals surface area contributed by atoms with Crippen LogP contribution in [0.3, 0.4) is 0 Å². The number of piperidine rings is 1. The van der Waals surface area contributed by atoms with Crippen LogP contribution in [0.5, 0.6) is 0 Å². The Morgan fingerprint density at radius 1 is 1.40 bits per heavy atom. The van der Waals surface area contributed by atoms with Gasteiger partial charge in [0.25, 0.3) is 0 Å². The molecule has 4 nitrogen and oxygen atoms in total. The summed E-state index contributed by atoms with van der Waals surface area (Å²) in [6.45, 7) is 9.03. The number of rotatable bonds is 6. The first kappa shape index (κ1) is 20.0. The molecule has 1 rings (SSSR count). The van der Waals surface area contributed by atoms with E-state index in [0.717, 1.165) is 31.6 Å². The van der Waals surface area contributed by atoms with E-state index >= 15 is 0 Å². The lowest BCUT2D eigenvalue weighted by molar-refractivity contribution is 0.163. The lowest BCUT2D eigenvalue weighted by Crippen LogP contribution is -2.45. The number of likely N-dealkylation sites (tertiary alicyclic amines) is 1. The predicted octanol–water partition coefficient (Wildman–Crippen LogP) is 2.79. The van der Waals surface area contributed by atoms with Crippen molar-refractivity contribution in [3.63, 3.8) is 0 Å². The third-order valence-electron chi connectivity index (χ3n) is 4.04. The van der Waals surface area contributed by atoms with E-state index in [-0.39, 0.29) is 24.0 Å². The van der Waals surface area contributed by atoms with Crippen molar-refractivity contribution in [2.24, 2.45) is 4.99 Å². The number of guanidine groups is 1.